The van der Waals surface area contributed by atoms with Crippen LogP contribution in [0.25, 0.3) is 50.2 Å². The summed E-state index contributed by atoms with van der Waals surface area (Å²) >= 11 is 0. The van der Waals surface area contributed by atoms with Crippen molar-refractivity contribution >= 4 is 33.7 Å². The van der Waals surface area contributed by atoms with Gasteiger partial charge in [-0.3, -0.25) is 20.1 Å². The van der Waals surface area contributed by atoms with Crippen LogP contribution in [-0.2, 0) is 6.42 Å². The van der Waals surface area contributed by atoms with Crippen LogP contribution in [0.2, 0.25) is 0 Å². The van der Waals surface area contributed by atoms with E-state index in [0.717, 1.165) is 63.8 Å². The summed E-state index contributed by atoms with van der Waals surface area (Å²) in [5, 5.41) is 8.43. The third kappa shape index (κ3) is 5.20. The number of rotatable bonds is 9. The van der Waals surface area contributed by atoms with Crippen LogP contribution in [0.4, 0.5) is 4.39 Å². The van der Waals surface area contributed by atoms with E-state index < -0.39 is 0 Å². The number of halogens is 1. The summed E-state index contributed by atoms with van der Waals surface area (Å²) in [7, 11) is 0. The summed E-state index contributed by atoms with van der Waals surface area (Å²) < 4.78 is 14.8. The van der Waals surface area contributed by atoms with Gasteiger partial charge < -0.3 is 9.88 Å². The van der Waals surface area contributed by atoms with Crippen molar-refractivity contribution in [3.63, 3.8) is 0 Å². The number of fused-ring (bicyclic) bond motifs is 2. The standard InChI is InChI=1S/C31H31FN8/c1-3-21(16-33-4-2)26-15-24-27(19-35-26)38-39-30(24)31-36-28-18-34-17-25(29(28)37-31)22-12-20(13-23(32)14-22)8-7-11-40-9-5-6-10-40/h3-4,12-19H,1,5-11H2,2H3,(H,36,37)(H,38,39)/b21-16+,33-4?. The molecule has 4 aromatic heterocycles. The number of H-pyrrole nitrogens is 2. The lowest BCUT2D eigenvalue weighted by molar-refractivity contribution is 0.334. The smallest absolute Gasteiger partial charge is 0.159 e. The molecule has 8 nitrogen and oxygen atoms in total. The monoisotopic (exact) mass is 534 g/mol. The third-order valence-electron chi connectivity index (χ3n) is 7.35. The van der Waals surface area contributed by atoms with Crippen LogP contribution in [0, 0.1) is 5.82 Å². The van der Waals surface area contributed by atoms with Crippen molar-refractivity contribution in [3.05, 3.63) is 78.8 Å². The van der Waals surface area contributed by atoms with Gasteiger partial charge in [0.15, 0.2) is 5.82 Å². The van der Waals surface area contributed by atoms with E-state index in [0.29, 0.717) is 17.0 Å². The molecule has 0 amide bonds. The van der Waals surface area contributed by atoms with Crippen LogP contribution >= 0.6 is 0 Å². The van der Waals surface area contributed by atoms with Crippen LogP contribution in [0.5, 0.6) is 0 Å². The number of likely N-dealkylation sites (tertiary alicyclic amines) is 1. The maximum absolute atomic E-state index is 14.8. The Kier molecular flexibility index (Phi) is 7.29. The molecular formula is C31H31FN8. The number of aromatic amines is 2. The highest BCUT2D eigenvalue weighted by Crippen LogP contribution is 2.32. The van der Waals surface area contributed by atoms with Crippen LogP contribution in [0.15, 0.2) is 66.7 Å². The van der Waals surface area contributed by atoms with Crippen molar-refractivity contribution in [1.29, 1.82) is 0 Å². The van der Waals surface area contributed by atoms with E-state index in [1.165, 1.54) is 25.9 Å². The lowest BCUT2D eigenvalue weighted by atomic mass is 10.0. The number of imidazole rings is 1. The van der Waals surface area contributed by atoms with Crippen LogP contribution in [0.1, 0.15) is 37.4 Å². The van der Waals surface area contributed by atoms with Crippen molar-refractivity contribution in [2.45, 2.75) is 32.6 Å². The fourth-order valence-corrected chi connectivity index (χ4v) is 5.35. The van der Waals surface area contributed by atoms with E-state index in [9.17, 15) is 4.39 Å². The van der Waals surface area contributed by atoms with Gasteiger partial charge in [-0.15, -0.1) is 0 Å². The Balaban J connectivity index is 1.34. The van der Waals surface area contributed by atoms with Crippen molar-refractivity contribution in [2.24, 2.45) is 4.99 Å². The first-order valence-corrected chi connectivity index (χ1v) is 13.6. The Morgan fingerprint density at radius 3 is 2.83 bits per heavy atom. The normalized spacial score (nSPS) is 14.7. The summed E-state index contributed by atoms with van der Waals surface area (Å²) in [6, 6.07) is 7.19. The molecule has 2 N–H and O–H groups in total. The van der Waals surface area contributed by atoms with Crippen LogP contribution in [-0.4, -0.2) is 60.9 Å². The molecule has 5 heterocycles. The minimum atomic E-state index is -0.252. The summed E-state index contributed by atoms with van der Waals surface area (Å²) in [6.07, 6.45) is 14.8. The molecule has 1 fully saturated rings. The second-order valence-electron chi connectivity index (χ2n) is 10.1. The average molecular weight is 535 g/mol. The number of nitrogens with zero attached hydrogens (tertiary/aromatic N) is 6. The predicted octanol–water partition coefficient (Wildman–Crippen LogP) is 6.35. The van der Waals surface area contributed by atoms with E-state index in [1.54, 1.807) is 49.2 Å². The Morgan fingerprint density at radius 2 is 2.00 bits per heavy atom. The van der Waals surface area contributed by atoms with Gasteiger partial charge in [0.25, 0.3) is 0 Å². The molecule has 0 unspecified atom stereocenters. The van der Waals surface area contributed by atoms with Gasteiger partial charge in [-0.2, -0.15) is 5.10 Å². The fourth-order valence-electron chi connectivity index (χ4n) is 5.35. The summed E-state index contributed by atoms with van der Waals surface area (Å²) in [6.45, 7) is 9.14. The number of allylic oxidation sites excluding steroid dienone is 2. The summed E-state index contributed by atoms with van der Waals surface area (Å²) in [5.41, 5.74) is 6.96. The molecule has 40 heavy (non-hydrogen) atoms. The number of aromatic nitrogens is 6. The molecule has 0 aliphatic carbocycles. The molecule has 6 rings (SSSR count). The highest BCUT2D eigenvalue weighted by molar-refractivity contribution is 5.97. The molecule has 0 bridgehead atoms. The van der Waals surface area contributed by atoms with Gasteiger partial charge in [0.2, 0.25) is 0 Å². The maximum atomic E-state index is 14.8. The molecule has 202 valence electrons. The van der Waals surface area contributed by atoms with Crippen molar-refractivity contribution in [2.75, 3.05) is 19.6 Å². The highest BCUT2D eigenvalue weighted by Gasteiger charge is 2.17. The lowest BCUT2D eigenvalue weighted by Gasteiger charge is -2.14. The first-order valence-electron chi connectivity index (χ1n) is 13.6. The van der Waals surface area contributed by atoms with E-state index in [-0.39, 0.29) is 5.82 Å². The van der Waals surface area contributed by atoms with Gasteiger partial charge in [-0.05, 0) is 81.6 Å². The number of pyridine rings is 2. The number of aryl methyl sites for hydroxylation is 1. The van der Waals surface area contributed by atoms with Gasteiger partial charge in [0, 0.05) is 35.1 Å². The minimum Gasteiger partial charge on any atom is -0.335 e. The maximum Gasteiger partial charge on any atom is 0.159 e. The SMILES string of the molecule is C=C/C(=C\N=CC)c1cc2c(-c3nc4c(-c5cc(F)cc(CCCN6CCCC6)c5)cncc4[nH]3)n[nH]c2cn1. The Labute approximate surface area is 231 Å². The zero-order valence-corrected chi connectivity index (χ0v) is 22.5. The largest absolute Gasteiger partial charge is 0.335 e. The molecule has 0 radical (unpaired) electrons. The number of aliphatic imine (C=N–C) groups is 1. The number of benzene rings is 1. The molecule has 0 atom stereocenters. The van der Waals surface area contributed by atoms with Gasteiger partial charge in [-0.25, -0.2) is 9.37 Å². The Hall–Kier alpha value is -4.50. The first-order chi connectivity index (χ1) is 19.6. The second kappa shape index (κ2) is 11.3. The molecule has 1 aromatic carbocycles. The molecular weight excluding hydrogens is 503 g/mol. The van der Waals surface area contributed by atoms with E-state index >= 15 is 0 Å². The molecule has 5 aromatic rings. The van der Waals surface area contributed by atoms with Gasteiger partial charge >= 0.3 is 0 Å². The summed E-state index contributed by atoms with van der Waals surface area (Å²) in [4.78, 5) is 23.9. The van der Waals surface area contributed by atoms with Gasteiger partial charge in [0.05, 0.1) is 34.6 Å². The average Bonchev–Trinajstić information content (AvgIpc) is 3.72. The minimum absolute atomic E-state index is 0.252. The molecule has 0 spiro atoms. The van der Waals surface area contributed by atoms with Crippen molar-refractivity contribution in [1.82, 2.24) is 35.0 Å². The first kappa shape index (κ1) is 25.8. The lowest BCUT2D eigenvalue weighted by Crippen LogP contribution is -2.20. The zero-order valence-electron chi connectivity index (χ0n) is 22.5. The molecule has 1 aliphatic heterocycles. The van der Waals surface area contributed by atoms with E-state index in [4.69, 9.17) is 4.98 Å². The predicted molar refractivity (Wildman–Crippen MR) is 159 cm³/mol. The van der Waals surface area contributed by atoms with E-state index in [1.807, 2.05) is 13.0 Å². The molecule has 0 saturated carbocycles. The fraction of sp³-hybridized carbons (Fsp3) is 0.258. The second-order valence-corrected chi connectivity index (χ2v) is 10.1. The van der Waals surface area contributed by atoms with Crippen LogP contribution in [0.3, 0.4) is 0 Å². The Morgan fingerprint density at radius 1 is 1.12 bits per heavy atom. The molecule has 9 heteroatoms. The molecule has 1 aliphatic rings. The van der Waals surface area contributed by atoms with Crippen molar-refractivity contribution < 1.29 is 4.39 Å². The van der Waals surface area contributed by atoms with E-state index in [2.05, 4.69) is 47.7 Å². The van der Waals surface area contributed by atoms with Gasteiger partial charge in [-0.1, -0.05) is 18.7 Å². The zero-order chi connectivity index (χ0) is 27.5. The highest BCUT2D eigenvalue weighted by atomic mass is 19.1. The summed E-state index contributed by atoms with van der Waals surface area (Å²) in [5.74, 6) is 0.337. The van der Waals surface area contributed by atoms with Crippen LogP contribution < -0.4 is 0 Å². The topological polar surface area (TPSA) is 98.7 Å². The number of hydrogen-bond donors (Lipinski definition) is 2. The van der Waals surface area contributed by atoms with Crippen molar-refractivity contribution in [3.8, 4) is 22.6 Å². The number of nitrogens with one attached hydrogen (secondary N) is 2. The quantitative estimate of drug-likeness (QED) is 0.170. The van der Waals surface area contributed by atoms with Gasteiger partial charge in [0.1, 0.15) is 11.5 Å². The third-order valence-corrected chi connectivity index (χ3v) is 7.35. The molecule has 1 saturated heterocycles. The Bertz CT molecular complexity index is 1740. The number of hydrogen-bond acceptors (Lipinski definition) is 6.